The quantitative estimate of drug-likeness (QED) is 0.674. The second-order valence-electron chi connectivity index (χ2n) is 3.36. The summed E-state index contributed by atoms with van der Waals surface area (Å²) in [6.45, 7) is -0.000395. The standard InChI is InChI=1S/C10H12F3NO2/c1-14-4-9(15)10(16)5-2-7(12)8(13)3-6(5)11/h2-3,9-10,14-16H,4H2,1H3. The molecule has 0 saturated heterocycles. The number of aliphatic hydroxyl groups is 2. The molecule has 0 fully saturated rings. The van der Waals surface area contributed by atoms with Crippen molar-refractivity contribution in [1.82, 2.24) is 5.32 Å². The maximum Gasteiger partial charge on any atom is 0.161 e. The molecule has 3 nitrogen and oxygen atoms in total. The molecule has 1 aromatic rings. The zero-order valence-corrected chi connectivity index (χ0v) is 8.54. The highest BCUT2D eigenvalue weighted by Crippen LogP contribution is 2.22. The molecule has 0 amide bonds. The minimum atomic E-state index is -1.61. The molecule has 0 aromatic heterocycles. The summed E-state index contributed by atoms with van der Waals surface area (Å²) in [6, 6.07) is 0.869. The third-order valence-electron chi connectivity index (χ3n) is 2.14. The van der Waals surface area contributed by atoms with Crippen molar-refractivity contribution in [2.45, 2.75) is 12.2 Å². The van der Waals surface area contributed by atoms with E-state index in [1.807, 2.05) is 0 Å². The maximum atomic E-state index is 13.2. The van der Waals surface area contributed by atoms with E-state index < -0.39 is 35.2 Å². The van der Waals surface area contributed by atoms with Crippen LogP contribution >= 0.6 is 0 Å². The zero-order chi connectivity index (χ0) is 12.3. The summed E-state index contributed by atoms with van der Waals surface area (Å²) in [6.07, 6.45) is -2.91. The van der Waals surface area contributed by atoms with Gasteiger partial charge in [0.25, 0.3) is 0 Å². The first-order valence-electron chi connectivity index (χ1n) is 4.62. The lowest BCUT2D eigenvalue weighted by molar-refractivity contribution is 0.0179. The molecule has 0 saturated carbocycles. The topological polar surface area (TPSA) is 52.5 Å². The maximum absolute atomic E-state index is 13.2. The van der Waals surface area contributed by atoms with Gasteiger partial charge in [-0.3, -0.25) is 0 Å². The molecule has 0 aliphatic rings. The predicted octanol–water partition coefficient (Wildman–Crippen LogP) is 0.718. The fraction of sp³-hybridized carbons (Fsp3) is 0.400. The molecule has 0 bridgehead atoms. The summed E-state index contributed by atoms with van der Waals surface area (Å²) in [5.74, 6) is -3.70. The number of nitrogens with one attached hydrogen (secondary N) is 1. The van der Waals surface area contributed by atoms with Crippen LogP contribution in [0.3, 0.4) is 0 Å². The number of hydrogen-bond donors (Lipinski definition) is 3. The molecule has 1 aromatic carbocycles. The summed E-state index contributed by atoms with van der Waals surface area (Å²) >= 11 is 0. The Kier molecular flexibility index (Phi) is 4.28. The van der Waals surface area contributed by atoms with Crippen LogP contribution in [0.25, 0.3) is 0 Å². The van der Waals surface area contributed by atoms with Gasteiger partial charge < -0.3 is 15.5 Å². The molecule has 1 rings (SSSR count). The van der Waals surface area contributed by atoms with Gasteiger partial charge in [0, 0.05) is 18.2 Å². The fourth-order valence-corrected chi connectivity index (χ4v) is 1.29. The first-order chi connectivity index (χ1) is 7.47. The van der Waals surface area contributed by atoms with Gasteiger partial charge >= 0.3 is 0 Å². The molecular formula is C10H12F3NO2. The average Bonchev–Trinajstić information content (AvgIpc) is 2.23. The van der Waals surface area contributed by atoms with Crippen molar-refractivity contribution < 1.29 is 23.4 Å². The highest BCUT2D eigenvalue weighted by molar-refractivity contribution is 5.23. The normalized spacial score (nSPS) is 14.9. The Morgan fingerprint density at radius 1 is 1.12 bits per heavy atom. The van der Waals surface area contributed by atoms with Crippen LogP contribution in [0.5, 0.6) is 0 Å². The van der Waals surface area contributed by atoms with E-state index in [-0.39, 0.29) is 6.54 Å². The highest BCUT2D eigenvalue weighted by atomic mass is 19.2. The molecular weight excluding hydrogens is 223 g/mol. The number of likely N-dealkylation sites (N-methyl/N-ethyl adjacent to an activating group) is 1. The molecule has 0 heterocycles. The molecule has 90 valence electrons. The number of benzene rings is 1. The van der Waals surface area contributed by atoms with Crippen LogP contribution in [-0.4, -0.2) is 29.9 Å². The van der Waals surface area contributed by atoms with E-state index in [1.54, 1.807) is 0 Å². The summed E-state index contributed by atoms with van der Waals surface area (Å²) in [5, 5.41) is 21.4. The second-order valence-corrected chi connectivity index (χ2v) is 3.36. The number of rotatable bonds is 4. The number of aliphatic hydroxyl groups excluding tert-OH is 2. The lowest BCUT2D eigenvalue weighted by Gasteiger charge is -2.18. The molecule has 16 heavy (non-hydrogen) atoms. The summed E-state index contributed by atoms with van der Waals surface area (Å²) < 4.78 is 38.6. The van der Waals surface area contributed by atoms with E-state index in [0.29, 0.717) is 12.1 Å². The van der Waals surface area contributed by atoms with Crippen LogP contribution in [0.1, 0.15) is 11.7 Å². The summed E-state index contributed by atoms with van der Waals surface area (Å²) in [7, 11) is 1.53. The Morgan fingerprint density at radius 2 is 1.69 bits per heavy atom. The Morgan fingerprint density at radius 3 is 2.25 bits per heavy atom. The lowest BCUT2D eigenvalue weighted by atomic mass is 10.0. The zero-order valence-electron chi connectivity index (χ0n) is 8.54. The van der Waals surface area contributed by atoms with Crippen molar-refractivity contribution in [3.05, 3.63) is 35.1 Å². The third kappa shape index (κ3) is 2.72. The van der Waals surface area contributed by atoms with Gasteiger partial charge in [0.15, 0.2) is 11.6 Å². The van der Waals surface area contributed by atoms with Gasteiger partial charge in [-0.05, 0) is 13.1 Å². The van der Waals surface area contributed by atoms with Gasteiger partial charge in [-0.25, -0.2) is 13.2 Å². The Hall–Kier alpha value is -1.11. The van der Waals surface area contributed by atoms with E-state index in [4.69, 9.17) is 0 Å². The van der Waals surface area contributed by atoms with E-state index in [2.05, 4.69) is 5.32 Å². The number of halogens is 3. The van der Waals surface area contributed by atoms with Gasteiger partial charge in [-0.15, -0.1) is 0 Å². The van der Waals surface area contributed by atoms with Gasteiger partial charge in [0.2, 0.25) is 0 Å². The lowest BCUT2D eigenvalue weighted by Crippen LogP contribution is -2.30. The van der Waals surface area contributed by atoms with Gasteiger partial charge in [0.1, 0.15) is 11.9 Å². The first kappa shape index (κ1) is 13.0. The van der Waals surface area contributed by atoms with Crippen molar-refractivity contribution >= 4 is 0 Å². The van der Waals surface area contributed by atoms with Crippen molar-refractivity contribution in [3.8, 4) is 0 Å². The third-order valence-corrected chi connectivity index (χ3v) is 2.14. The fourth-order valence-electron chi connectivity index (χ4n) is 1.29. The minimum absolute atomic E-state index is 0.000395. The van der Waals surface area contributed by atoms with Crippen molar-refractivity contribution in [2.75, 3.05) is 13.6 Å². The molecule has 0 aliphatic heterocycles. The molecule has 2 atom stereocenters. The molecule has 3 N–H and O–H groups in total. The van der Waals surface area contributed by atoms with Crippen molar-refractivity contribution in [1.29, 1.82) is 0 Å². The number of hydrogen-bond acceptors (Lipinski definition) is 3. The summed E-state index contributed by atoms with van der Waals surface area (Å²) in [4.78, 5) is 0. The van der Waals surface area contributed by atoms with E-state index in [1.165, 1.54) is 7.05 Å². The molecule has 0 radical (unpaired) electrons. The molecule has 0 spiro atoms. The predicted molar refractivity (Wildman–Crippen MR) is 51.2 cm³/mol. The molecule has 2 unspecified atom stereocenters. The smallest absolute Gasteiger partial charge is 0.161 e. The van der Waals surface area contributed by atoms with Crippen molar-refractivity contribution in [3.63, 3.8) is 0 Å². The van der Waals surface area contributed by atoms with Crippen LogP contribution in [0.2, 0.25) is 0 Å². The van der Waals surface area contributed by atoms with E-state index in [0.717, 1.165) is 0 Å². The van der Waals surface area contributed by atoms with Crippen LogP contribution in [0.4, 0.5) is 13.2 Å². The largest absolute Gasteiger partial charge is 0.389 e. The average molecular weight is 235 g/mol. The molecule has 6 heteroatoms. The van der Waals surface area contributed by atoms with Crippen LogP contribution in [0.15, 0.2) is 12.1 Å². The monoisotopic (exact) mass is 235 g/mol. The van der Waals surface area contributed by atoms with E-state index in [9.17, 15) is 23.4 Å². The van der Waals surface area contributed by atoms with Crippen LogP contribution in [0, 0.1) is 17.5 Å². The minimum Gasteiger partial charge on any atom is -0.389 e. The Bertz CT molecular complexity index is 373. The Labute approximate surface area is 90.5 Å². The van der Waals surface area contributed by atoms with E-state index >= 15 is 0 Å². The Balaban J connectivity index is 2.99. The SMILES string of the molecule is CNCC(O)C(O)c1cc(F)c(F)cc1F. The van der Waals surface area contributed by atoms with Crippen molar-refractivity contribution in [2.24, 2.45) is 0 Å². The first-order valence-corrected chi connectivity index (χ1v) is 4.62. The van der Waals surface area contributed by atoms with Crippen LogP contribution in [-0.2, 0) is 0 Å². The second kappa shape index (κ2) is 5.29. The van der Waals surface area contributed by atoms with Gasteiger partial charge in [0.05, 0.1) is 6.10 Å². The van der Waals surface area contributed by atoms with Crippen LogP contribution < -0.4 is 5.32 Å². The summed E-state index contributed by atoms with van der Waals surface area (Å²) in [5.41, 5.74) is -0.471. The highest BCUT2D eigenvalue weighted by Gasteiger charge is 2.22. The van der Waals surface area contributed by atoms with Gasteiger partial charge in [-0.1, -0.05) is 0 Å². The van der Waals surface area contributed by atoms with Gasteiger partial charge in [-0.2, -0.15) is 0 Å². The molecule has 0 aliphatic carbocycles.